The molecule has 0 spiro atoms. The zero-order chi connectivity index (χ0) is 34.6. The summed E-state index contributed by atoms with van der Waals surface area (Å²) in [5.74, 6) is 0.630. The van der Waals surface area contributed by atoms with Crippen LogP contribution < -0.4 is 0 Å². The lowest BCUT2D eigenvalue weighted by Crippen LogP contribution is -1.97. The van der Waals surface area contributed by atoms with Crippen molar-refractivity contribution in [2.24, 2.45) is 0 Å². The quantitative estimate of drug-likeness (QED) is 0.180. The van der Waals surface area contributed by atoms with Crippen molar-refractivity contribution in [3.63, 3.8) is 0 Å². The zero-order valence-corrected chi connectivity index (χ0v) is 29.4. The standard InChI is InChI=1S/C47H27N3S2/c48-28-29-9-8-12-33(21-29)42-27-41(30-10-2-1-3-11-30)49-47(50-42)36-23-34(31-17-19-45-39(25-31)37-13-4-6-15-43(37)51-45)22-35(24-36)32-18-20-46-40(26-32)38-14-5-7-16-44(38)52-46/h1-27H. The van der Waals surface area contributed by atoms with E-state index in [-0.39, 0.29) is 0 Å². The molecule has 242 valence electrons. The van der Waals surface area contributed by atoms with E-state index in [0.717, 1.165) is 50.3 Å². The molecule has 0 amide bonds. The van der Waals surface area contributed by atoms with Gasteiger partial charge in [0.05, 0.1) is 23.0 Å². The summed E-state index contributed by atoms with van der Waals surface area (Å²) in [6.45, 7) is 0. The first-order chi connectivity index (χ1) is 25.7. The molecule has 3 aromatic heterocycles. The summed E-state index contributed by atoms with van der Waals surface area (Å²) in [7, 11) is 0. The number of benzene rings is 7. The third kappa shape index (κ3) is 5.34. The Hall–Kier alpha value is -6.45. The molecule has 10 rings (SSSR count). The van der Waals surface area contributed by atoms with E-state index in [1.165, 1.54) is 40.3 Å². The minimum Gasteiger partial charge on any atom is -0.228 e. The maximum atomic E-state index is 9.69. The number of rotatable bonds is 5. The van der Waals surface area contributed by atoms with E-state index in [9.17, 15) is 5.26 Å². The van der Waals surface area contributed by atoms with Crippen molar-refractivity contribution in [2.75, 3.05) is 0 Å². The number of aromatic nitrogens is 2. The summed E-state index contributed by atoms with van der Waals surface area (Å²) in [4.78, 5) is 10.4. The highest BCUT2D eigenvalue weighted by Crippen LogP contribution is 2.41. The van der Waals surface area contributed by atoms with Crippen molar-refractivity contribution in [1.29, 1.82) is 5.26 Å². The van der Waals surface area contributed by atoms with Gasteiger partial charge in [0.25, 0.3) is 0 Å². The normalized spacial score (nSPS) is 11.4. The van der Waals surface area contributed by atoms with Crippen molar-refractivity contribution < 1.29 is 0 Å². The van der Waals surface area contributed by atoms with Crippen LogP contribution in [-0.2, 0) is 0 Å². The molecule has 0 N–H and O–H groups in total. The molecular weight excluding hydrogens is 671 g/mol. The van der Waals surface area contributed by atoms with Gasteiger partial charge >= 0.3 is 0 Å². The Balaban J connectivity index is 1.22. The molecule has 0 aliphatic carbocycles. The van der Waals surface area contributed by atoms with E-state index in [2.05, 4.69) is 121 Å². The van der Waals surface area contributed by atoms with Crippen LogP contribution >= 0.6 is 22.7 Å². The molecular formula is C47H27N3S2. The van der Waals surface area contributed by atoms with Crippen molar-refractivity contribution in [2.45, 2.75) is 0 Å². The third-order valence-corrected chi connectivity index (χ3v) is 12.0. The van der Waals surface area contributed by atoms with Crippen LogP contribution in [0.2, 0.25) is 0 Å². The Labute approximate surface area is 308 Å². The molecule has 10 aromatic rings. The average Bonchev–Trinajstić information content (AvgIpc) is 3.78. The molecule has 3 nitrogen and oxygen atoms in total. The van der Waals surface area contributed by atoms with E-state index >= 15 is 0 Å². The second-order valence-electron chi connectivity index (χ2n) is 12.9. The minimum atomic E-state index is 0.593. The van der Waals surface area contributed by atoms with Gasteiger partial charge in [-0.05, 0) is 95.1 Å². The fraction of sp³-hybridized carbons (Fsp3) is 0. The Bertz CT molecular complexity index is 2910. The SMILES string of the molecule is N#Cc1cccc(-c2cc(-c3ccccc3)nc(-c3cc(-c4ccc5sc6ccccc6c5c4)cc(-c4ccc5sc6ccccc6c5c4)c3)n2)c1. The molecule has 0 saturated carbocycles. The van der Waals surface area contributed by atoms with Crippen LogP contribution in [-0.4, -0.2) is 9.97 Å². The van der Waals surface area contributed by atoms with Crippen LogP contribution in [0.5, 0.6) is 0 Å². The Kier molecular flexibility index (Phi) is 7.24. The molecule has 3 heterocycles. The predicted molar refractivity (Wildman–Crippen MR) is 220 cm³/mol. The van der Waals surface area contributed by atoms with Gasteiger partial charge in [0.1, 0.15) is 0 Å². The van der Waals surface area contributed by atoms with Crippen LogP contribution in [0.4, 0.5) is 0 Å². The largest absolute Gasteiger partial charge is 0.228 e. The summed E-state index contributed by atoms with van der Waals surface area (Å²) in [5.41, 5.74) is 9.47. The van der Waals surface area contributed by atoms with Gasteiger partial charge < -0.3 is 0 Å². The first-order valence-electron chi connectivity index (χ1n) is 17.1. The van der Waals surface area contributed by atoms with Crippen molar-refractivity contribution in [3.8, 4) is 62.2 Å². The number of nitriles is 1. The van der Waals surface area contributed by atoms with Gasteiger partial charge in [-0.25, -0.2) is 9.97 Å². The summed E-state index contributed by atoms with van der Waals surface area (Å²) in [5, 5.41) is 14.8. The Morgan fingerprint density at radius 2 is 0.885 bits per heavy atom. The predicted octanol–water partition coefficient (Wildman–Crippen LogP) is 13.4. The minimum absolute atomic E-state index is 0.593. The molecule has 0 radical (unpaired) electrons. The first-order valence-corrected chi connectivity index (χ1v) is 18.7. The average molecular weight is 698 g/mol. The lowest BCUT2D eigenvalue weighted by molar-refractivity contribution is 1.18. The highest BCUT2D eigenvalue weighted by atomic mass is 32.1. The van der Waals surface area contributed by atoms with E-state index < -0.39 is 0 Å². The van der Waals surface area contributed by atoms with Crippen LogP contribution in [0.1, 0.15) is 5.56 Å². The van der Waals surface area contributed by atoms with Gasteiger partial charge in [-0.1, -0.05) is 91.0 Å². The van der Waals surface area contributed by atoms with Gasteiger partial charge in [-0.3, -0.25) is 0 Å². The first kappa shape index (κ1) is 30.4. The number of nitrogens with zero attached hydrogens (tertiary/aromatic N) is 3. The number of hydrogen-bond acceptors (Lipinski definition) is 5. The highest BCUT2D eigenvalue weighted by Gasteiger charge is 2.16. The maximum absolute atomic E-state index is 9.69. The van der Waals surface area contributed by atoms with Gasteiger partial charge in [-0.2, -0.15) is 5.26 Å². The second-order valence-corrected chi connectivity index (χ2v) is 15.1. The molecule has 0 fully saturated rings. The van der Waals surface area contributed by atoms with E-state index in [1.807, 2.05) is 71.2 Å². The van der Waals surface area contributed by atoms with Gasteiger partial charge in [-0.15, -0.1) is 22.7 Å². The summed E-state index contributed by atoms with van der Waals surface area (Å²) in [6, 6.07) is 59.8. The third-order valence-electron chi connectivity index (χ3n) is 9.69. The van der Waals surface area contributed by atoms with Gasteiger partial charge in [0.15, 0.2) is 5.82 Å². The number of fused-ring (bicyclic) bond motifs is 6. The zero-order valence-electron chi connectivity index (χ0n) is 27.7. The monoisotopic (exact) mass is 697 g/mol. The Morgan fingerprint density at radius 3 is 1.50 bits per heavy atom. The van der Waals surface area contributed by atoms with Crippen molar-refractivity contribution in [3.05, 3.63) is 169 Å². The van der Waals surface area contributed by atoms with Crippen molar-refractivity contribution in [1.82, 2.24) is 9.97 Å². The summed E-state index contributed by atoms with van der Waals surface area (Å²) < 4.78 is 5.14. The van der Waals surface area contributed by atoms with Gasteiger partial charge in [0.2, 0.25) is 0 Å². The molecule has 0 atom stereocenters. The molecule has 0 aliphatic heterocycles. The summed E-state index contributed by atoms with van der Waals surface area (Å²) in [6.07, 6.45) is 0. The van der Waals surface area contributed by atoms with E-state index in [0.29, 0.717) is 11.4 Å². The fourth-order valence-electron chi connectivity index (χ4n) is 7.13. The van der Waals surface area contributed by atoms with Gasteiger partial charge in [0, 0.05) is 57.0 Å². The Morgan fingerprint density at radius 1 is 0.365 bits per heavy atom. The fourth-order valence-corrected chi connectivity index (χ4v) is 9.30. The number of hydrogen-bond donors (Lipinski definition) is 0. The van der Waals surface area contributed by atoms with Crippen LogP contribution in [0.25, 0.3) is 96.5 Å². The van der Waals surface area contributed by atoms with Crippen LogP contribution in [0.3, 0.4) is 0 Å². The smallest absolute Gasteiger partial charge is 0.160 e. The topological polar surface area (TPSA) is 49.6 Å². The van der Waals surface area contributed by atoms with E-state index in [4.69, 9.17) is 9.97 Å². The molecule has 0 aliphatic rings. The van der Waals surface area contributed by atoms with Crippen molar-refractivity contribution >= 4 is 63.0 Å². The van der Waals surface area contributed by atoms with Crippen LogP contribution in [0.15, 0.2) is 164 Å². The highest BCUT2D eigenvalue weighted by molar-refractivity contribution is 7.26. The molecule has 5 heteroatoms. The lowest BCUT2D eigenvalue weighted by Gasteiger charge is -2.13. The molecule has 0 unspecified atom stereocenters. The maximum Gasteiger partial charge on any atom is 0.160 e. The number of thiophene rings is 2. The molecule has 0 bridgehead atoms. The molecule has 0 saturated heterocycles. The second kappa shape index (κ2) is 12.4. The molecule has 52 heavy (non-hydrogen) atoms. The summed E-state index contributed by atoms with van der Waals surface area (Å²) >= 11 is 3.66. The molecule has 7 aromatic carbocycles. The van der Waals surface area contributed by atoms with E-state index in [1.54, 1.807) is 0 Å². The lowest BCUT2D eigenvalue weighted by atomic mass is 9.94. The van der Waals surface area contributed by atoms with Crippen LogP contribution in [0, 0.1) is 11.3 Å².